The molecule has 1 aromatic heterocycles. The lowest BCUT2D eigenvalue weighted by Gasteiger charge is -2.36. The van der Waals surface area contributed by atoms with Gasteiger partial charge < -0.3 is 25.1 Å². The minimum atomic E-state index is -0.122. The van der Waals surface area contributed by atoms with Crippen LogP contribution in [0, 0.1) is 0 Å². The van der Waals surface area contributed by atoms with Crippen LogP contribution >= 0.6 is 11.6 Å². The largest absolute Gasteiger partial charge is 0.395 e. The third-order valence-electron chi connectivity index (χ3n) is 5.72. The molecule has 0 atom stereocenters. The number of aliphatic hydroxyl groups is 1. The summed E-state index contributed by atoms with van der Waals surface area (Å²) in [6.07, 6.45) is 0. The van der Waals surface area contributed by atoms with Crippen LogP contribution in [-0.2, 0) is 0 Å². The zero-order valence-corrected chi connectivity index (χ0v) is 18.2. The van der Waals surface area contributed by atoms with E-state index >= 15 is 0 Å². The number of rotatable bonds is 5. The third-order valence-corrected chi connectivity index (χ3v) is 5.95. The molecule has 9 nitrogen and oxygen atoms in total. The maximum atomic E-state index is 12.5. The molecule has 2 aliphatic heterocycles. The standard InChI is InChI=1S/C21H28ClN7O2/c22-17-2-1-3-18(16-17)23-21(31)29-12-10-28(11-13-29)20-5-4-19(24-25-20)27-8-6-26(7-9-27)14-15-30/h1-5,16,30H,6-15H2,(H,23,31). The van der Waals surface area contributed by atoms with Crippen molar-refractivity contribution in [3.8, 4) is 0 Å². The fourth-order valence-corrected chi connectivity index (χ4v) is 4.10. The van der Waals surface area contributed by atoms with Gasteiger partial charge in [-0.25, -0.2) is 4.79 Å². The van der Waals surface area contributed by atoms with Gasteiger partial charge in [0.15, 0.2) is 11.6 Å². The van der Waals surface area contributed by atoms with E-state index in [4.69, 9.17) is 16.7 Å². The van der Waals surface area contributed by atoms with Gasteiger partial charge in [0, 0.05) is 69.6 Å². The Bertz CT molecular complexity index is 866. The quantitative estimate of drug-likeness (QED) is 0.722. The molecule has 2 N–H and O–H groups in total. The van der Waals surface area contributed by atoms with Crippen molar-refractivity contribution in [3.63, 3.8) is 0 Å². The number of piperazine rings is 2. The Morgan fingerprint density at radius 1 is 0.935 bits per heavy atom. The highest BCUT2D eigenvalue weighted by atomic mass is 35.5. The number of halogens is 1. The fourth-order valence-electron chi connectivity index (χ4n) is 3.90. The number of β-amino-alcohol motifs (C(OH)–C–C–N with tert-alkyl or cyclic N) is 1. The van der Waals surface area contributed by atoms with Gasteiger partial charge in [-0.05, 0) is 30.3 Å². The van der Waals surface area contributed by atoms with Crippen LogP contribution in [0.5, 0.6) is 0 Å². The second-order valence-corrected chi connectivity index (χ2v) is 8.15. The Labute approximate surface area is 187 Å². The van der Waals surface area contributed by atoms with E-state index in [-0.39, 0.29) is 12.6 Å². The molecule has 2 amide bonds. The molecule has 2 saturated heterocycles. The molecule has 0 spiro atoms. The smallest absolute Gasteiger partial charge is 0.321 e. The lowest BCUT2D eigenvalue weighted by atomic mass is 10.3. The number of carbonyl (C=O) groups is 1. The Morgan fingerprint density at radius 3 is 2.10 bits per heavy atom. The number of hydrogen-bond acceptors (Lipinski definition) is 7. The van der Waals surface area contributed by atoms with Crippen LogP contribution in [0.2, 0.25) is 5.02 Å². The number of aromatic nitrogens is 2. The first-order valence-corrected chi connectivity index (χ1v) is 11.0. The Morgan fingerprint density at radius 2 is 1.55 bits per heavy atom. The van der Waals surface area contributed by atoms with Gasteiger partial charge >= 0.3 is 6.03 Å². The third kappa shape index (κ3) is 5.55. The van der Waals surface area contributed by atoms with Gasteiger partial charge in [-0.15, -0.1) is 10.2 Å². The maximum Gasteiger partial charge on any atom is 0.321 e. The molecular weight excluding hydrogens is 418 g/mol. The number of nitrogens with one attached hydrogen (secondary N) is 1. The van der Waals surface area contributed by atoms with Crippen molar-refractivity contribution >= 4 is 35.0 Å². The van der Waals surface area contributed by atoms with E-state index in [9.17, 15) is 4.79 Å². The summed E-state index contributed by atoms with van der Waals surface area (Å²) in [4.78, 5) is 20.9. The second kappa shape index (κ2) is 10.1. The molecule has 166 valence electrons. The van der Waals surface area contributed by atoms with E-state index in [0.717, 1.165) is 44.4 Å². The number of anilines is 3. The Hall–Kier alpha value is -2.62. The molecule has 3 heterocycles. The molecule has 0 saturated carbocycles. The molecule has 0 radical (unpaired) electrons. The van der Waals surface area contributed by atoms with Crippen LogP contribution in [0.1, 0.15) is 0 Å². The zero-order chi connectivity index (χ0) is 21.6. The van der Waals surface area contributed by atoms with Crippen molar-refractivity contribution in [1.29, 1.82) is 0 Å². The van der Waals surface area contributed by atoms with E-state index in [1.807, 2.05) is 24.3 Å². The molecule has 1 aromatic carbocycles. The highest BCUT2D eigenvalue weighted by molar-refractivity contribution is 6.30. The molecule has 31 heavy (non-hydrogen) atoms. The summed E-state index contributed by atoms with van der Waals surface area (Å²) in [7, 11) is 0. The van der Waals surface area contributed by atoms with Crippen molar-refractivity contribution in [2.45, 2.75) is 0 Å². The van der Waals surface area contributed by atoms with E-state index in [0.29, 0.717) is 36.9 Å². The summed E-state index contributed by atoms with van der Waals surface area (Å²) in [5.74, 6) is 1.71. The molecule has 10 heteroatoms. The Kier molecular flexibility index (Phi) is 7.06. The topological polar surface area (TPSA) is 88.1 Å². The average molecular weight is 446 g/mol. The highest BCUT2D eigenvalue weighted by Gasteiger charge is 2.23. The number of urea groups is 1. The summed E-state index contributed by atoms with van der Waals surface area (Å²) in [5, 5.41) is 21.4. The molecule has 0 unspecified atom stereocenters. The van der Waals surface area contributed by atoms with Crippen LogP contribution in [-0.4, -0.2) is 96.6 Å². The molecule has 2 aromatic rings. The first-order chi connectivity index (χ1) is 15.1. The van der Waals surface area contributed by atoms with E-state index in [1.54, 1.807) is 17.0 Å². The van der Waals surface area contributed by atoms with Crippen LogP contribution in [0.4, 0.5) is 22.1 Å². The van der Waals surface area contributed by atoms with Crippen LogP contribution in [0.15, 0.2) is 36.4 Å². The van der Waals surface area contributed by atoms with Crippen molar-refractivity contribution < 1.29 is 9.90 Å². The van der Waals surface area contributed by atoms with Crippen LogP contribution in [0.3, 0.4) is 0 Å². The van der Waals surface area contributed by atoms with E-state index < -0.39 is 0 Å². The zero-order valence-electron chi connectivity index (χ0n) is 17.5. The minimum Gasteiger partial charge on any atom is -0.395 e. The molecular formula is C21H28ClN7O2. The molecule has 4 rings (SSSR count). The normalized spacial score (nSPS) is 17.7. The number of benzene rings is 1. The number of hydrogen-bond donors (Lipinski definition) is 2. The molecule has 2 aliphatic rings. The van der Waals surface area contributed by atoms with Gasteiger partial charge in [-0.1, -0.05) is 17.7 Å². The monoisotopic (exact) mass is 445 g/mol. The number of carbonyl (C=O) groups excluding carboxylic acids is 1. The van der Waals surface area contributed by atoms with E-state index in [1.165, 1.54) is 0 Å². The molecule has 0 bridgehead atoms. The number of amides is 2. The van der Waals surface area contributed by atoms with Gasteiger partial charge in [0.25, 0.3) is 0 Å². The van der Waals surface area contributed by atoms with E-state index in [2.05, 4.69) is 30.2 Å². The average Bonchev–Trinajstić information content (AvgIpc) is 2.80. The van der Waals surface area contributed by atoms with Crippen LogP contribution < -0.4 is 15.1 Å². The van der Waals surface area contributed by atoms with Crippen LogP contribution in [0.25, 0.3) is 0 Å². The first kappa shape index (κ1) is 21.6. The van der Waals surface area contributed by atoms with Gasteiger partial charge in [0.2, 0.25) is 0 Å². The Balaban J connectivity index is 1.26. The molecule has 0 aliphatic carbocycles. The summed E-state index contributed by atoms with van der Waals surface area (Å²) >= 11 is 5.98. The first-order valence-electron chi connectivity index (χ1n) is 10.6. The number of nitrogens with zero attached hydrogens (tertiary/aromatic N) is 6. The van der Waals surface area contributed by atoms with Crippen molar-refractivity contribution in [3.05, 3.63) is 41.4 Å². The maximum absolute atomic E-state index is 12.5. The predicted octanol–water partition coefficient (Wildman–Crippen LogP) is 1.60. The fraction of sp³-hybridized carbons (Fsp3) is 0.476. The second-order valence-electron chi connectivity index (χ2n) is 7.72. The summed E-state index contributed by atoms with van der Waals surface area (Å²) < 4.78 is 0. The number of aliphatic hydroxyl groups excluding tert-OH is 1. The lowest BCUT2D eigenvalue weighted by molar-refractivity contribution is 0.188. The van der Waals surface area contributed by atoms with Crippen molar-refractivity contribution in [2.75, 3.05) is 80.6 Å². The van der Waals surface area contributed by atoms with Gasteiger partial charge in [0.1, 0.15) is 0 Å². The van der Waals surface area contributed by atoms with Gasteiger partial charge in [0.05, 0.1) is 6.61 Å². The summed E-state index contributed by atoms with van der Waals surface area (Å²) in [6.45, 7) is 7.17. The SMILES string of the molecule is O=C(Nc1cccc(Cl)c1)N1CCN(c2ccc(N3CCN(CCO)CC3)nn2)CC1. The van der Waals surface area contributed by atoms with Gasteiger partial charge in [-0.3, -0.25) is 4.90 Å². The minimum absolute atomic E-state index is 0.122. The van der Waals surface area contributed by atoms with Gasteiger partial charge in [-0.2, -0.15) is 0 Å². The highest BCUT2D eigenvalue weighted by Crippen LogP contribution is 2.19. The van der Waals surface area contributed by atoms with Crippen molar-refractivity contribution in [1.82, 2.24) is 20.0 Å². The lowest BCUT2D eigenvalue weighted by Crippen LogP contribution is -2.50. The van der Waals surface area contributed by atoms with Crippen molar-refractivity contribution in [2.24, 2.45) is 0 Å². The summed E-state index contributed by atoms with van der Waals surface area (Å²) in [6, 6.07) is 11.0. The molecule has 2 fully saturated rings. The summed E-state index contributed by atoms with van der Waals surface area (Å²) in [5.41, 5.74) is 0.693. The predicted molar refractivity (Wildman–Crippen MR) is 122 cm³/mol.